The van der Waals surface area contributed by atoms with E-state index in [0.29, 0.717) is 24.7 Å². The molecule has 1 aromatic heterocycles. The Balaban J connectivity index is 1.56. The number of benzene rings is 1. The smallest absolute Gasteiger partial charge is 0.272 e. The molecule has 1 aliphatic rings. The first kappa shape index (κ1) is 20.9. The van der Waals surface area contributed by atoms with E-state index in [2.05, 4.69) is 31.2 Å². The van der Waals surface area contributed by atoms with Crippen LogP contribution in [0.5, 0.6) is 5.75 Å². The third kappa shape index (κ3) is 5.57. The minimum Gasteiger partial charge on any atom is -0.495 e. The summed E-state index contributed by atoms with van der Waals surface area (Å²) in [5.74, 6) is 1.30. The van der Waals surface area contributed by atoms with Crippen molar-refractivity contribution in [1.29, 1.82) is 0 Å². The van der Waals surface area contributed by atoms with Gasteiger partial charge in [-0.2, -0.15) is 0 Å². The van der Waals surface area contributed by atoms with Crippen LogP contribution in [-0.2, 0) is 0 Å². The number of carbonyl (C=O) groups is 1. The van der Waals surface area contributed by atoms with Gasteiger partial charge in [0.05, 0.1) is 12.8 Å². The summed E-state index contributed by atoms with van der Waals surface area (Å²) in [6.07, 6.45) is 2.62. The summed E-state index contributed by atoms with van der Waals surface area (Å²) in [5.41, 5.74) is 1.49. The summed E-state index contributed by atoms with van der Waals surface area (Å²) in [7, 11) is 5.77. The summed E-state index contributed by atoms with van der Waals surface area (Å²) in [4.78, 5) is 27.8. The molecule has 0 unspecified atom stereocenters. The molecule has 1 aromatic carbocycles. The summed E-state index contributed by atoms with van der Waals surface area (Å²) in [6, 6.07) is 9.66. The van der Waals surface area contributed by atoms with Gasteiger partial charge in [-0.3, -0.25) is 4.79 Å². The molecule has 0 spiro atoms. The summed E-state index contributed by atoms with van der Waals surface area (Å²) in [6.45, 7) is 4.56. The topological polar surface area (TPSA) is 73.8 Å². The van der Waals surface area contributed by atoms with Gasteiger partial charge in [0, 0.05) is 38.9 Å². The van der Waals surface area contributed by atoms with Crippen molar-refractivity contribution in [3.8, 4) is 5.75 Å². The molecule has 0 bridgehead atoms. The quantitative estimate of drug-likeness (QED) is 0.680. The van der Waals surface area contributed by atoms with E-state index in [0.717, 1.165) is 44.0 Å². The Morgan fingerprint density at radius 3 is 2.66 bits per heavy atom. The van der Waals surface area contributed by atoms with Crippen LogP contribution >= 0.6 is 0 Å². The Morgan fingerprint density at radius 1 is 1.17 bits per heavy atom. The van der Waals surface area contributed by atoms with E-state index < -0.39 is 0 Å². The molecule has 1 N–H and O–H groups in total. The van der Waals surface area contributed by atoms with E-state index in [9.17, 15) is 4.79 Å². The molecule has 0 aliphatic carbocycles. The average molecular weight is 399 g/mol. The highest BCUT2D eigenvalue weighted by atomic mass is 16.5. The molecule has 0 saturated carbocycles. The maximum Gasteiger partial charge on any atom is 0.272 e. The van der Waals surface area contributed by atoms with Crippen molar-refractivity contribution in [2.75, 3.05) is 70.7 Å². The standard InChI is InChI=1S/C21H30N6O2/c1-25(2)12-6-10-22-21-23-11-9-17(24-21)20(28)27-15-13-26(14-16-27)18-7-4-5-8-19(18)29-3/h4-5,7-9,11H,6,10,12-16H2,1-3H3,(H,22,23,24). The van der Waals surface area contributed by atoms with Crippen LogP contribution < -0.4 is 15.0 Å². The second-order valence-electron chi connectivity index (χ2n) is 7.30. The van der Waals surface area contributed by atoms with E-state index in [4.69, 9.17) is 4.74 Å². The third-order valence-electron chi connectivity index (χ3n) is 4.93. The van der Waals surface area contributed by atoms with Gasteiger partial charge < -0.3 is 24.8 Å². The number of nitrogens with zero attached hydrogens (tertiary/aromatic N) is 5. The molecule has 2 aromatic rings. The molecule has 1 fully saturated rings. The summed E-state index contributed by atoms with van der Waals surface area (Å²) < 4.78 is 5.46. The Labute approximate surface area is 172 Å². The van der Waals surface area contributed by atoms with Crippen LogP contribution in [0.25, 0.3) is 0 Å². The van der Waals surface area contributed by atoms with Crippen molar-refractivity contribution in [2.45, 2.75) is 6.42 Å². The third-order valence-corrected chi connectivity index (χ3v) is 4.93. The van der Waals surface area contributed by atoms with Crippen LogP contribution in [0.4, 0.5) is 11.6 Å². The van der Waals surface area contributed by atoms with Gasteiger partial charge in [0.25, 0.3) is 5.91 Å². The number of para-hydroxylation sites is 2. The lowest BCUT2D eigenvalue weighted by atomic mass is 10.2. The molecule has 1 amide bonds. The number of amides is 1. The minimum absolute atomic E-state index is 0.0524. The van der Waals surface area contributed by atoms with Crippen molar-refractivity contribution in [1.82, 2.24) is 19.8 Å². The van der Waals surface area contributed by atoms with Crippen LogP contribution in [0.1, 0.15) is 16.9 Å². The molecule has 1 aliphatic heterocycles. The second-order valence-corrected chi connectivity index (χ2v) is 7.30. The van der Waals surface area contributed by atoms with Crippen molar-refractivity contribution >= 4 is 17.5 Å². The molecule has 0 atom stereocenters. The van der Waals surface area contributed by atoms with Crippen LogP contribution in [0, 0.1) is 0 Å². The van der Waals surface area contributed by atoms with Crippen molar-refractivity contribution in [3.63, 3.8) is 0 Å². The van der Waals surface area contributed by atoms with Crippen LogP contribution in [0.2, 0.25) is 0 Å². The van der Waals surface area contributed by atoms with Gasteiger partial charge in [-0.1, -0.05) is 12.1 Å². The molecule has 0 radical (unpaired) electrons. The summed E-state index contributed by atoms with van der Waals surface area (Å²) in [5, 5.41) is 3.20. The van der Waals surface area contributed by atoms with Gasteiger partial charge in [0.2, 0.25) is 5.95 Å². The predicted octanol–water partition coefficient (Wildman–Crippen LogP) is 1.81. The lowest BCUT2D eigenvalue weighted by Gasteiger charge is -2.36. The first-order valence-corrected chi connectivity index (χ1v) is 9.97. The fourth-order valence-electron chi connectivity index (χ4n) is 3.36. The van der Waals surface area contributed by atoms with Gasteiger partial charge >= 0.3 is 0 Å². The van der Waals surface area contributed by atoms with E-state index in [1.165, 1.54) is 0 Å². The Bertz CT molecular complexity index is 805. The lowest BCUT2D eigenvalue weighted by Crippen LogP contribution is -2.49. The number of ether oxygens (including phenoxy) is 1. The van der Waals surface area contributed by atoms with Gasteiger partial charge in [-0.25, -0.2) is 9.97 Å². The molecular weight excluding hydrogens is 368 g/mol. The molecule has 1 saturated heterocycles. The number of hydrogen-bond donors (Lipinski definition) is 1. The largest absolute Gasteiger partial charge is 0.495 e. The molecule has 8 nitrogen and oxygen atoms in total. The van der Waals surface area contributed by atoms with E-state index >= 15 is 0 Å². The SMILES string of the molecule is COc1ccccc1N1CCN(C(=O)c2ccnc(NCCCN(C)C)n2)CC1. The van der Waals surface area contributed by atoms with Crippen molar-refractivity contribution < 1.29 is 9.53 Å². The van der Waals surface area contributed by atoms with Crippen molar-refractivity contribution in [3.05, 3.63) is 42.2 Å². The zero-order valence-electron chi connectivity index (χ0n) is 17.5. The van der Waals surface area contributed by atoms with E-state index in [-0.39, 0.29) is 5.91 Å². The van der Waals surface area contributed by atoms with Gasteiger partial charge in [-0.15, -0.1) is 0 Å². The minimum atomic E-state index is -0.0524. The number of methoxy groups -OCH3 is 1. The number of hydrogen-bond acceptors (Lipinski definition) is 7. The molecule has 29 heavy (non-hydrogen) atoms. The highest BCUT2D eigenvalue weighted by molar-refractivity contribution is 5.92. The second kappa shape index (κ2) is 10.1. The predicted molar refractivity (Wildman–Crippen MR) is 115 cm³/mol. The van der Waals surface area contributed by atoms with Gasteiger partial charge in [0.15, 0.2) is 0 Å². The average Bonchev–Trinajstić information content (AvgIpc) is 2.76. The first-order valence-electron chi connectivity index (χ1n) is 9.97. The zero-order valence-corrected chi connectivity index (χ0v) is 17.5. The Kier molecular flexibility index (Phi) is 7.24. The van der Waals surface area contributed by atoms with E-state index in [1.54, 1.807) is 19.4 Å². The van der Waals surface area contributed by atoms with Gasteiger partial charge in [0.1, 0.15) is 11.4 Å². The number of carbonyl (C=O) groups excluding carboxylic acids is 1. The molecule has 8 heteroatoms. The summed E-state index contributed by atoms with van der Waals surface area (Å²) >= 11 is 0. The molecule has 156 valence electrons. The zero-order chi connectivity index (χ0) is 20.6. The first-order chi connectivity index (χ1) is 14.1. The van der Waals surface area contributed by atoms with Crippen LogP contribution in [0.15, 0.2) is 36.5 Å². The molecule has 3 rings (SSSR count). The van der Waals surface area contributed by atoms with Crippen LogP contribution in [-0.4, -0.2) is 86.1 Å². The fourth-order valence-corrected chi connectivity index (χ4v) is 3.36. The number of piperazine rings is 1. The fraction of sp³-hybridized carbons (Fsp3) is 0.476. The number of rotatable bonds is 8. The lowest BCUT2D eigenvalue weighted by molar-refractivity contribution is 0.0740. The van der Waals surface area contributed by atoms with Crippen molar-refractivity contribution in [2.24, 2.45) is 0 Å². The molecule has 2 heterocycles. The maximum atomic E-state index is 12.9. The monoisotopic (exact) mass is 398 g/mol. The normalized spacial score (nSPS) is 14.2. The highest BCUT2D eigenvalue weighted by Gasteiger charge is 2.24. The number of anilines is 2. The Hall–Kier alpha value is -2.87. The maximum absolute atomic E-state index is 12.9. The Morgan fingerprint density at radius 2 is 1.93 bits per heavy atom. The van der Waals surface area contributed by atoms with Gasteiger partial charge in [-0.05, 0) is 45.3 Å². The van der Waals surface area contributed by atoms with E-state index in [1.807, 2.05) is 37.2 Å². The van der Waals surface area contributed by atoms with Crippen LogP contribution in [0.3, 0.4) is 0 Å². The number of aromatic nitrogens is 2. The highest BCUT2D eigenvalue weighted by Crippen LogP contribution is 2.28. The molecular formula is C21H30N6O2. The number of nitrogens with one attached hydrogen (secondary N) is 1.